The second-order valence-electron chi connectivity index (χ2n) is 3.66. The van der Waals surface area contributed by atoms with Crippen LogP contribution in [-0.4, -0.2) is 14.2 Å². The average molecular weight is 243 g/mol. The Hall–Kier alpha value is -2.16. The van der Waals surface area contributed by atoms with E-state index in [1.165, 1.54) is 0 Å². The normalized spacial score (nSPS) is 9.89. The zero-order chi connectivity index (χ0) is 12.8. The van der Waals surface area contributed by atoms with Crippen molar-refractivity contribution in [3.8, 4) is 17.2 Å². The molecule has 2 aromatic carbocycles. The van der Waals surface area contributed by atoms with Gasteiger partial charge in [-0.05, 0) is 17.7 Å². The fourth-order valence-electron chi connectivity index (χ4n) is 1.54. The van der Waals surface area contributed by atoms with Gasteiger partial charge in [-0.3, -0.25) is 0 Å². The molecular formula is C15H15O3. The van der Waals surface area contributed by atoms with Crippen molar-refractivity contribution in [1.29, 1.82) is 0 Å². The third-order valence-corrected chi connectivity index (χ3v) is 2.49. The number of hydrogen-bond donors (Lipinski definition) is 0. The Balaban J connectivity index is 2.12. The van der Waals surface area contributed by atoms with Crippen LogP contribution < -0.4 is 14.2 Å². The Morgan fingerprint density at radius 1 is 0.833 bits per heavy atom. The third-order valence-electron chi connectivity index (χ3n) is 2.49. The monoisotopic (exact) mass is 243 g/mol. The summed E-state index contributed by atoms with van der Waals surface area (Å²) in [5.74, 6) is 2.02. The van der Waals surface area contributed by atoms with Gasteiger partial charge in [0.15, 0.2) is 18.1 Å². The summed E-state index contributed by atoms with van der Waals surface area (Å²) >= 11 is 0. The van der Waals surface area contributed by atoms with Crippen LogP contribution in [0.4, 0.5) is 0 Å². The van der Waals surface area contributed by atoms with Crippen LogP contribution in [0, 0.1) is 6.61 Å². The smallest absolute Gasteiger partial charge is 0.166 e. The van der Waals surface area contributed by atoms with Gasteiger partial charge in [0.2, 0.25) is 0 Å². The first-order valence-corrected chi connectivity index (χ1v) is 5.60. The molecule has 0 aromatic heterocycles. The first-order valence-electron chi connectivity index (χ1n) is 5.60. The lowest BCUT2D eigenvalue weighted by atomic mass is 10.2. The molecule has 2 rings (SSSR count). The fraction of sp³-hybridized carbons (Fsp3) is 0.133. The van der Waals surface area contributed by atoms with Gasteiger partial charge in [0.05, 0.1) is 14.2 Å². The van der Waals surface area contributed by atoms with E-state index in [2.05, 4.69) is 0 Å². The van der Waals surface area contributed by atoms with E-state index in [9.17, 15) is 0 Å². The van der Waals surface area contributed by atoms with E-state index in [0.717, 1.165) is 11.3 Å². The summed E-state index contributed by atoms with van der Waals surface area (Å²) in [6.07, 6.45) is 0. The number of hydrogen-bond acceptors (Lipinski definition) is 3. The summed E-state index contributed by atoms with van der Waals surface area (Å²) < 4.78 is 16.0. The Labute approximate surface area is 107 Å². The standard InChI is InChI=1S/C15H15O3/c1-16-13-8-9-14(17-2)15(10-13)18-11-12-6-4-3-5-7-12/h3-11H,1-2H3. The van der Waals surface area contributed by atoms with Crippen LogP contribution in [0.5, 0.6) is 17.2 Å². The maximum Gasteiger partial charge on any atom is 0.166 e. The molecule has 0 aliphatic rings. The van der Waals surface area contributed by atoms with Crippen molar-refractivity contribution in [2.75, 3.05) is 14.2 Å². The predicted molar refractivity (Wildman–Crippen MR) is 70.0 cm³/mol. The number of ether oxygens (including phenoxy) is 3. The van der Waals surface area contributed by atoms with Crippen molar-refractivity contribution in [2.45, 2.75) is 0 Å². The first-order chi connectivity index (χ1) is 8.83. The molecule has 0 unspecified atom stereocenters. The van der Waals surface area contributed by atoms with E-state index in [0.29, 0.717) is 11.5 Å². The van der Waals surface area contributed by atoms with E-state index in [1.807, 2.05) is 42.5 Å². The van der Waals surface area contributed by atoms with Gasteiger partial charge in [-0.1, -0.05) is 30.3 Å². The fourth-order valence-corrected chi connectivity index (χ4v) is 1.54. The highest BCUT2D eigenvalue weighted by atomic mass is 16.5. The molecule has 0 fully saturated rings. The molecule has 3 nitrogen and oxygen atoms in total. The van der Waals surface area contributed by atoms with Crippen molar-refractivity contribution in [2.24, 2.45) is 0 Å². The molecule has 0 N–H and O–H groups in total. The van der Waals surface area contributed by atoms with Gasteiger partial charge in [-0.25, -0.2) is 0 Å². The number of benzene rings is 2. The maximum atomic E-state index is 5.63. The van der Waals surface area contributed by atoms with Crippen LogP contribution in [0.15, 0.2) is 48.5 Å². The molecule has 0 amide bonds. The van der Waals surface area contributed by atoms with Crippen molar-refractivity contribution >= 4 is 0 Å². The van der Waals surface area contributed by atoms with E-state index in [-0.39, 0.29) is 0 Å². The molecule has 1 radical (unpaired) electrons. The zero-order valence-electron chi connectivity index (χ0n) is 10.4. The summed E-state index contributed by atoms with van der Waals surface area (Å²) in [6, 6.07) is 15.2. The first kappa shape index (κ1) is 12.3. The predicted octanol–water partition coefficient (Wildman–Crippen LogP) is 3.29. The molecule has 0 aliphatic heterocycles. The second-order valence-corrected chi connectivity index (χ2v) is 3.66. The summed E-state index contributed by atoms with van der Waals surface area (Å²) in [6.45, 7) is 1.68. The van der Waals surface area contributed by atoms with Gasteiger partial charge < -0.3 is 14.2 Å². The van der Waals surface area contributed by atoms with E-state index >= 15 is 0 Å². The molecule has 0 atom stereocenters. The highest BCUT2D eigenvalue weighted by Crippen LogP contribution is 2.32. The molecule has 0 saturated carbocycles. The maximum absolute atomic E-state index is 5.63. The summed E-state index contributed by atoms with van der Waals surface area (Å²) in [7, 11) is 3.23. The molecule has 0 spiro atoms. The molecule has 2 aromatic rings. The van der Waals surface area contributed by atoms with Crippen LogP contribution in [0.25, 0.3) is 0 Å². The minimum atomic E-state index is 0.626. The van der Waals surface area contributed by atoms with Gasteiger partial charge in [-0.15, -0.1) is 0 Å². The van der Waals surface area contributed by atoms with Crippen molar-refractivity contribution in [1.82, 2.24) is 0 Å². The summed E-state index contributed by atoms with van der Waals surface area (Å²) in [4.78, 5) is 0. The van der Waals surface area contributed by atoms with Crippen molar-refractivity contribution in [3.05, 3.63) is 60.7 Å². The molecule has 18 heavy (non-hydrogen) atoms. The van der Waals surface area contributed by atoms with Crippen molar-refractivity contribution < 1.29 is 14.2 Å². The van der Waals surface area contributed by atoms with Gasteiger partial charge >= 0.3 is 0 Å². The Bertz CT molecular complexity index is 494. The average Bonchev–Trinajstić information content (AvgIpc) is 2.45. The van der Waals surface area contributed by atoms with Crippen LogP contribution >= 0.6 is 0 Å². The Morgan fingerprint density at radius 2 is 1.61 bits per heavy atom. The van der Waals surface area contributed by atoms with Gasteiger partial charge in [0.1, 0.15) is 5.75 Å². The second kappa shape index (κ2) is 5.96. The topological polar surface area (TPSA) is 27.7 Å². The quantitative estimate of drug-likeness (QED) is 0.806. The lowest BCUT2D eigenvalue weighted by Crippen LogP contribution is -1.96. The summed E-state index contributed by atoms with van der Waals surface area (Å²) in [5, 5.41) is 0. The lowest BCUT2D eigenvalue weighted by molar-refractivity contribution is 0.355. The van der Waals surface area contributed by atoms with E-state index in [1.54, 1.807) is 26.9 Å². The molecule has 0 heterocycles. The van der Waals surface area contributed by atoms with E-state index < -0.39 is 0 Å². The molecule has 0 aliphatic carbocycles. The molecule has 3 heteroatoms. The minimum Gasteiger partial charge on any atom is -0.497 e. The largest absolute Gasteiger partial charge is 0.497 e. The lowest BCUT2D eigenvalue weighted by Gasteiger charge is -2.11. The van der Waals surface area contributed by atoms with Crippen LogP contribution in [0.1, 0.15) is 5.56 Å². The van der Waals surface area contributed by atoms with Gasteiger partial charge in [0, 0.05) is 6.07 Å². The van der Waals surface area contributed by atoms with Crippen LogP contribution in [-0.2, 0) is 0 Å². The van der Waals surface area contributed by atoms with Crippen LogP contribution in [0.3, 0.4) is 0 Å². The zero-order valence-corrected chi connectivity index (χ0v) is 10.4. The van der Waals surface area contributed by atoms with Crippen LogP contribution in [0.2, 0.25) is 0 Å². The molecule has 0 saturated heterocycles. The molecular weight excluding hydrogens is 228 g/mol. The van der Waals surface area contributed by atoms with Gasteiger partial charge in [0.25, 0.3) is 0 Å². The number of methoxy groups -OCH3 is 2. The summed E-state index contributed by atoms with van der Waals surface area (Å²) in [5.41, 5.74) is 0.988. The molecule has 0 bridgehead atoms. The van der Waals surface area contributed by atoms with E-state index in [4.69, 9.17) is 14.2 Å². The minimum absolute atomic E-state index is 0.626. The SMILES string of the molecule is COc1ccc(OC)c(O[CH]c2ccccc2)c1. The third kappa shape index (κ3) is 2.94. The highest BCUT2D eigenvalue weighted by molar-refractivity contribution is 5.46. The molecule has 93 valence electrons. The number of rotatable bonds is 5. The Kier molecular flexibility index (Phi) is 4.07. The Morgan fingerprint density at radius 3 is 2.28 bits per heavy atom. The highest BCUT2D eigenvalue weighted by Gasteiger charge is 2.06. The van der Waals surface area contributed by atoms with Gasteiger partial charge in [-0.2, -0.15) is 0 Å². The van der Waals surface area contributed by atoms with Crippen molar-refractivity contribution in [3.63, 3.8) is 0 Å².